The number of benzene rings is 2. The first-order valence-electron chi connectivity index (χ1n) is 13.5. The number of rotatable bonds is 14. The van der Waals surface area contributed by atoms with Crippen LogP contribution in [0.3, 0.4) is 0 Å². The zero-order valence-corrected chi connectivity index (χ0v) is 23.2. The Kier molecular flexibility index (Phi) is 11.7. The Balaban J connectivity index is 1.47. The van der Waals surface area contributed by atoms with Gasteiger partial charge in [0.25, 0.3) is 0 Å². The van der Waals surface area contributed by atoms with Gasteiger partial charge < -0.3 is 9.47 Å². The van der Waals surface area contributed by atoms with Crippen LogP contribution < -0.4 is 9.47 Å². The van der Waals surface area contributed by atoms with Crippen LogP contribution in [0, 0.1) is 5.92 Å². The summed E-state index contributed by atoms with van der Waals surface area (Å²) < 4.78 is 10.7. The van der Waals surface area contributed by atoms with Crippen LogP contribution in [0.1, 0.15) is 81.6 Å². The molecule has 0 bridgehead atoms. The first kappa shape index (κ1) is 29.3. The van der Waals surface area contributed by atoms with E-state index in [2.05, 4.69) is 16.9 Å². The van der Waals surface area contributed by atoms with Gasteiger partial charge in [0.05, 0.1) is 5.56 Å². The molecule has 38 heavy (non-hydrogen) atoms. The van der Waals surface area contributed by atoms with Gasteiger partial charge in [-0.1, -0.05) is 59.3 Å². The SMILES string of the molecule is CCCCCCCCCc1cnc(-c2ccc(OC(=O)c3ccc(OC(=O)[C@@H](Cl)C(C)C)cc3)cc2)nc1. The molecule has 0 aliphatic heterocycles. The van der Waals surface area contributed by atoms with Gasteiger partial charge in [-0.05, 0) is 72.9 Å². The first-order valence-corrected chi connectivity index (χ1v) is 13.9. The molecule has 0 spiro atoms. The molecule has 1 atom stereocenters. The van der Waals surface area contributed by atoms with Crippen molar-refractivity contribution >= 4 is 23.5 Å². The zero-order chi connectivity index (χ0) is 27.3. The Labute approximate surface area is 230 Å². The Bertz CT molecular complexity index is 1150. The van der Waals surface area contributed by atoms with Crippen LogP contribution in [-0.4, -0.2) is 27.3 Å². The second-order valence-electron chi connectivity index (χ2n) is 9.79. The van der Waals surface area contributed by atoms with Crippen molar-refractivity contribution in [3.05, 3.63) is 72.1 Å². The maximum Gasteiger partial charge on any atom is 0.343 e. The summed E-state index contributed by atoms with van der Waals surface area (Å²) in [5.41, 5.74) is 2.33. The maximum absolute atomic E-state index is 12.5. The van der Waals surface area contributed by atoms with E-state index in [0.29, 0.717) is 22.9 Å². The average molecular weight is 537 g/mol. The van der Waals surface area contributed by atoms with Crippen LogP contribution >= 0.6 is 11.6 Å². The lowest BCUT2D eigenvalue weighted by Gasteiger charge is -2.12. The molecule has 1 heterocycles. The van der Waals surface area contributed by atoms with E-state index in [0.717, 1.165) is 24.0 Å². The van der Waals surface area contributed by atoms with Crippen molar-refractivity contribution in [2.24, 2.45) is 5.92 Å². The monoisotopic (exact) mass is 536 g/mol. The number of unbranched alkanes of at least 4 members (excludes halogenated alkanes) is 6. The highest BCUT2D eigenvalue weighted by Crippen LogP contribution is 2.22. The second-order valence-corrected chi connectivity index (χ2v) is 10.3. The van der Waals surface area contributed by atoms with Gasteiger partial charge in [-0.25, -0.2) is 14.8 Å². The molecule has 7 heteroatoms. The molecule has 3 aromatic rings. The number of ether oxygens (including phenoxy) is 2. The Morgan fingerprint density at radius 2 is 1.34 bits per heavy atom. The molecule has 0 N–H and O–H groups in total. The van der Waals surface area contributed by atoms with E-state index >= 15 is 0 Å². The van der Waals surface area contributed by atoms with Crippen molar-refractivity contribution in [2.75, 3.05) is 0 Å². The molecule has 0 fully saturated rings. The number of carbonyl (C=O) groups is 2. The molecular formula is C31H37ClN2O4. The fraction of sp³-hybridized carbons (Fsp3) is 0.419. The molecule has 3 rings (SSSR count). The standard InChI is InChI=1S/C31H37ClN2O4/c1-4-5-6-7-8-9-10-11-23-20-33-29(34-21-23)24-12-16-26(17-13-24)37-30(35)25-14-18-27(19-15-25)38-31(36)28(32)22(2)3/h12-22,28H,4-11H2,1-3H3/t28-/m0/s1. The van der Waals surface area contributed by atoms with Gasteiger partial charge in [-0.3, -0.25) is 4.79 Å². The number of carbonyl (C=O) groups excluding carboxylic acids is 2. The van der Waals surface area contributed by atoms with Crippen LogP contribution in [0.2, 0.25) is 0 Å². The first-order chi connectivity index (χ1) is 18.4. The summed E-state index contributed by atoms with van der Waals surface area (Å²) in [6.45, 7) is 5.92. The van der Waals surface area contributed by atoms with Crippen LogP contribution in [0.5, 0.6) is 11.5 Å². The molecule has 0 saturated heterocycles. The number of alkyl halides is 1. The second kappa shape index (κ2) is 15.2. The highest BCUT2D eigenvalue weighted by Gasteiger charge is 2.21. The number of halogens is 1. The topological polar surface area (TPSA) is 78.4 Å². The van der Waals surface area contributed by atoms with Gasteiger partial charge in [0.15, 0.2) is 5.82 Å². The largest absolute Gasteiger partial charge is 0.425 e. The zero-order valence-electron chi connectivity index (χ0n) is 22.5. The summed E-state index contributed by atoms with van der Waals surface area (Å²) in [6.07, 6.45) is 13.8. The van der Waals surface area contributed by atoms with Crippen molar-refractivity contribution in [3.63, 3.8) is 0 Å². The fourth-order valence-corrected chi connectivity index (χ4v) is 3.91. The van der Waals surface area contributed by atoms with Crippen molar-refractivity contribution in [3.8, 4) is 22.9 Å². The number of hydrogen-bond acceptors (Lipinski definition) is 6. The molecule has 1 aromatic heterocycles. The summed E-state index contributed by atoms with van der Waals surface area (Å²) in [5, 5.41) is -0.735. The van der Waals surface area contributed by atoms with Gasteiger partial charge in [-0.2, -0.15) is 0 Å². The lowest BCUT2D eigenvalue weighted by molar-refractivity contribution is -0.134. The number of esters is 2. The van der Waals surface area contributed by atoms with Gasteiger partial charge in [-0.15, -0.1) is 11.6 Å². The minimum absolute atomic E-state index is 0.0459. The predicted molar refractivity (Wildman–Crippen MR) is 151 cm³/mol. The third-order valence-corrected chi connectivity index (χ3v) is 6.90. The lowest BCUT2D eigenvalue weighted by Crippen LogP contribution is -2.25. The van der Waals surface area contributed by atoms with Crippen molar-refractivity contribution in [2.45, 2.75) is 77.5 Å². The minimum atomic E-state index is -0.735. The Morgan fingerprint density at radius 1 is 0.789 bits per heavy atom. The summed E-state index contributed by atoms with van der Waals surface area (Å²) >= 11 is 6.03. The molecule has 0 aliphatic rings. The Hall–Kier alpha value is -3.25. The number of aromatic nitrogens is 2. The van der Waals surface area contributed by atoms with Gasteiger partial charge >= 0.3 is 11.9 Å². The number of hydrogen-bond donors (Lipinski definition) is 0. The molecule has 0 radical (unpaired) electrons. The van der Waals surface area contributed by atoms with Gasteiger partial charge in [0.1, 0.15) is 16.9 Å². The molecule has 0 amide bonds. The van der Waals surface area contributed by atoms with E-state index in [1.165, 1.54) is 50.7 Å². The van der Waals surface area contributed by atoms with Crippen molar-refractivity contribution < 1.29 is 19.1 Å². The van der Waals surface area contributed by atoms with E-state index in [4.69, 9.17) is 21.1 Å². The minimum Gasteiger partial charge on any atom is -0.425 e. The molecule has 0 aliphatic carbocycles. The predicted octanol–water partition coefficient (Wildman–Crippen LogP) is 7.82. The van der Waals surface area contributed by atoms with Crippen LogP contribution in [-0.2, 0) is 11.2 Å². The number of nitrogens with zero attached hydrogens (tertiary/aromatic N) is 2. The smallest absolute Gasteiger partial charge is 0.343 e. The molecule has 0 saturated carbocycles. The summed E-state index contributed by atoms with van der Waals surface area (Å²) in [6, 6.07) is 13.2. The maximum atomic E-state index is 12.5. The Morgan fingerprint density at radius 3 is 1.95 bits per heavy atom. The highest BCUT2D eigenvalue weighted by atomic mass is 35.5. The van der Waals surface area contributed by atoms with Gasteiger partial charge in [0.2, 0.25) is 0 Å². The number of aryl methyl sites for hydroxylation is 1. The van der Waals surface area contributed by atoms with E-state index in [1.807, 2.05) is 38.4 Å². The van der Waals surface area contributed by atoms with Crippen LogP contribution in [0.25, 0.3) is 11.4 Å². The third kappa shape index (κ3) is 9.25. The van der Waals surface area contributed by atoms with Gasteiger partial charge in [0, 0.05) is 18.0 Å². The van der Waals surface area contributed by atoms with Crippen LogP contribution in [0.4, 0.5) is 0 Å². The lowest BCUT2D eigenvalue weighted by atomic mass is 10.1. The molecule has 6 nitrogen and oxygen atoms in total. The average Bonchev–Trinajstić information content (AvgIpc) is 2.93. The summed E-state index contributed by atoms with van der Waals surface area (Å²) in [4.78, 5) is 33.6. The quantitative estimate of drug-likeness (QED) is 0.0904. The van der Waals surface area contributed by atoms with Crippen molar-refractivity contribution in [1.29, 1.82) is 0 Å². The van der Waals surface area contributed by atoms with E-state index < -0.39 is 17.3 Å². The van der Waals surface area contributed by atoms with E-state index in [1.54, 1.807) is 24.3 Å². The normalized spacial score (nSPS) is 11.8. The van der Waals surface area contributed by atoms with Crippen LogP contribution in [0.15, 0.2) is 60.9 Å². The summed E-state index contributed by atoms with van der Waals surface area (Å²) in [7, 11) is 0. The van der Waals surface area contributed by atoms with Crippen molar-refractivity contribution in [1.82, 2.24) is 9.97 Å². The highest BCUT2D eigenvalue weighted by molar-refractivity contribution is 6.30. The third-order valence-electron chi connectivity index (χ3n) is 6.22. The molecule has 2 aromatic carbocycles. The van der Waals surface area contributed by atoms with E-state index in [-0.39, 0.29) is 5.92 Å². The van der Waals surface area contributed by atoms with E-state index in [9.17, 15) is 9.59 Å². The fourth-order valence-electron chi connectivity index (χ4n) is 3.86. The summed E-state index contributed by atoms with van der Waals surface area (Å²) in [5.74, 6) is 0.272. The molecule has 0 unspecified atom stereocenters. The molecular weight excluding hydrogens is 500 g/mol. The molecule has 202 valence electrons.